The van der Waals surface area contributed by atoms with Gasteiger partial charge in [0, 0.05) is 24.4 Å². The van der Waals surface area contributed by atoms with Crippen molar-refractivity contribution in [3.8, 4) is 23.4 Å². The van der Waals surface area contributed by atoms with Crippen LogP contribution >= 0.6 is 8.53 Å². The zero-order chi connectivity index (χ0) is 57.6. The van der Waals surface area contributed by atoms with Crippen molar-refractivity contribution in [3.63, 3.8) is 0 Å². The first-order valence-electron chi connectivity index (χ1n) is 27.0. The molecule has 2 aromatic heterocycles. The Labute approximate surface area is 474 Å². The maximum Gasteiger partial charge on any atom is 0.425 e. The van der Waals surface area contributed by atoms with Crippen LogP contribution in [-0.4, -0.2) is 100.0 Å². The summed E-state index contributed by atoms with van der Waals surface area (Å²) in [5.41, 5.74) is 2.02. The molecule has 424 valence electrons. The van der Waals surface area contributed by atoms with Gasteiger partial charge >= 0.3 is 12.1 Å². The zero-order valence-electron chi connectivity index (χ0n) is 47.0. The van der Waals surface area contributed by atoms with Crippen LogP contribution in [0.25, 0.3) is 11.2 Å². The lowest BCUT2D eigenvalue weighted by Crippen LogP contribution is -2.43. The Morgan fingerprint density at radius 3 is 1.84 bits per heavy atom. The van der Waals surface area contributed by atoms with Crippen LogP contribution in [0.1, 0.15) is 90.6 Å². The van der Waals surface area contributed by atoms with E-state index in [2.05, 4.69) is 21.0 Å². The lowest BCUT2D eigenvalue weighted by atomic mass is 9.80. The van der Waals surface area contributed by atoms with Crippen LogP contribution in [0.2, 0.25) is 0 Å². The molecule has 1 aliphatic heterocycles. The number of nitrogens with zero attached hydrogens (tertiary/aromatic N) is 7. The number of aromatic nitrogens is 4. The van der Waals surface area contributed by atoms with E-state index < -0.39 is 62.6 Å². The fraction of sp³-hybridized carbons (Fsp3) is 0.361. The molecule has 1 N–H and O–H groups in total. The van der Waals surface area contributed by atoms with Gasteiger partial charge in [0.25, 0.3) is 14.4 Å². The van der Waals surface area contributed by atoms with E-state index in [1.54, 1.807) is 81.2 Å². The van der Waals surface area contributed by atoms with Gasteiger partial charge < -0.3 is 37.5 Å². The highest BCUT2D eigenvalue weighted by Crippen LogP contribution is 2.52. The van der Waals surface area contributed by atoms with Gasteiger partial charge in [-0.2, -0.15) is 15.2 Å². The number of nitriles is 1. The quantitative estimate of drug-likeness (QED) is 0.0244. The number of anilines is 3. The standard InChI is InChI=1S/C61H69N8O11P/c1-10-21-51(70)78-54-53(80-81(76-37-20-36-62)69(41(4)5)42(6)7)50(38-75-61(43-22-14-11-15-23-43,44-28-32-48(73-8)33-29-44)45-30-34-49(74-9)35-31-45)77-58(54)67-39-63-52-55(67)64-59(65-56(71)40(2)3)66-57(52)79-60(72)68(46-24-16-12-17-25-46)47-26-18-13-19-27-47/h11-19,22-35,39-42,50,53-54,58H,10,20-21,37-38H2,1-9H3,(H,64,65,66,71)/t50-,53-,54-,58-,81?/m1/s1. The number of carbonyl (C=O) groups excluding carboxylic acids is 3. The van der Waals surface area contributed by atoms with E-state index in [-0.39, 0.29) is 61.1 Å². The Kier molecular flexibility index (Phi) is 20.2. The van der Waals surface area contributed by atoms with Gasteiger partial charge in [-0.25, -0.2) is 19.3 Å². The third-order valence-corrected chi connectivity index (χ3v) is 15.5. The fourth-order valence-corrected chi connectivity index (χ4v) is 11.3. The van der Waals surface area contributed by atoms with Crippen molar-refractivity contribution in [1.82, 2.24) is 24.2 Å². The van der Waals surface area contributed by atoms with Gasteiger partial charge in [0.2, 0.25) is 11.9 Å². The van der Waals surface area contributed by atoms with Gasteiger partial charge in [0.05, 0.1) is 57.6 Å². The number of benzene rings is 5. The van der Waals surface area contributed by atoms with E-state index in [0.29, 0.717) is 29.3 Å². The second kappa shape index (κ2) is 27.6. The summed E-state index contributed by atoms with van der Waals surface area (Å²) >= 11 is 0. The highest BCUT2D eigenvalue weighted by molar-refractivity contribution is 7.44. The van der Waals surface area contributed by atoms with Gasteiger partial charge in [0.1, 0.15) is 29.3 Å². The largest absolute Gasteiger partial charge is 0.497 e. The van der Waals surface area contributed by atoms with E-state index in [1.165, 1.54) is 11.2 Å². The highest BCUT2D eigenvalue weighted by atomic mass is 31.2. The molecule has 1 fully saturated rings. The maximum atomic E-state index is 14.6. The van der Waals surface area contributed by atoms with Crippen LogP contribution in [0.3, 0.4) is 0 Å². The number of hydrogen-bond acceptors (Lipinski definition) is 16. The van der Waals surface area contributed by atoms with Gasteiger partial charge in [-0.05, 0) is 99.3 Å². The first-order valence-corrected chi connectivity index (χ1v) is 28.1. The van der Waals surface area contributed by atoms with E-state index in [4.69, 9.17) is 47.4 Å². The predicted molar refractivity (Wildman–Crippen MR) is 307 cm³/mol. The van der Waals surface area contributed by atoms with Gasteiger partial charge in [-0.1, -0.05) is 112 Å². The average Bonchev–Trinajstić information content (AvgIpc) is 4.08. The number of amides is 2. The molecule has 0 aliphatic carbocycles. The number of hydrogen-bond donors (Lipinski definition) is 1. The van der Waals surface area contributed by atoms with Crippen LogP contribution in [0.4, 0.5) is 22.1 Å². The summed E-state index contributed by atoms with van der Waals surface area (Å²) in [6.07, 6.45) is -3.57. The molecule has 2 amide bonds. The van der Waals surface area contributed by atoms with E-state index >= 15 is 0 Å². The summed E-state index contributed by atoms with van der Waals surface area (Å²) in [5.74, 6) is -0.658. The fourth-order valence-electron chi connectivity index (χ4n) is 9.51. The number of ether oxygens (including phenoxy) is 6. The Balaban J connectivity index is 1.31. The highest BCUT2D eigenvalue weighted by Gasteiger charge is 2.53. The van der Waals surface area contributed by atoms with Crippen molar-refractivity contribution in [1.29, 1.82) is 5.26 Å². The third-order valence-electron chi connectivity index (χ3n) is 13.3. The number of esters is 1. The van der Waals surface area contributed by atoms with Crippen LogP contribution in [0.15, 0.2) is 146 Å². The minimum Gasteiger partial charge on any atom is -0.497 e. The van der Waals surface area contributed by atoms with Gasteiger partial charge in [0.15, 0.2) is 23.5 Å². The molecule has 1 unspecified atom stereocenters. The van der Waals surface area contributed by atoms with Crippen LogP contribution in [0, 0.1) is 17.2 Å². The first kappa shape index (κ1) is 59.3. The molecule has 5 aromatic carbocycles. The normalized spacial score (nSPS) is 16.6. The lowest BCUT2D eigenvalue weighted by Gasteiger charge is -2.39. The molecule has 0 saturated carbocycles. The molecule has 5 atom stereocenters. The minimum atomic E-state index is -2.02. The zero-order valence-corrected chi connectivity index (χ0v) is 47.9. The molecule has 3 heterocycles. The van der Waals surface area contributed by atoms with Gasteiger partial charge in [-0.15, -0.1) is 0 Å². The topological polar surface area (TPSA) is 211 Å². The Hall–Kier alpha value is -7.82. The number of rotatable bonds is 25. The van der Waals surface area contributed by atoms with Crippen molar-refractivity contribution < 1.29 is 51.9 Å². The minimum absolute atomic E-state index is 0.0151. The number of carbonyl (C=O) groups is 3. The Morgan fingerprint density at radius 1 is 0.765 bits per heavy atom. The number of imidazole rings is 1. The van der Waals surface area contributed by atoms with Crippen LogP contribution < -0.4 is 24.4 Å². The summed E-state index contributed by atoms with van der Waals surface area (Å²) in [6.45, 7) is 13.2. The number of methoxy groups -OCH3 is 2. The second-order valence-corrected chi connectivity index (χ2v) is 21.3. The van der Waals surface area contributed by atoms with E-state index in [0.717, 1.165) is 16.7 Å². The number of nitrogens with one attached hydrogen (secondary N) is 1. The first-order chi connectivity index (χ1) is 39.2. The molecule has 7 aromatic rings. The number of fused-ring (bicyclic) bond motifs is 1. The Bertz CT molecular complexity index is 3120. The van der Waals surface area contributed by atoms with Crippen molar-refractivity contribution in [2.45, 2.75) is 110 Å². The molecule has 20 heteroatoms. The molecule has 0 radical (unpaired) electrons. The van der Waals surface area contributed by atoms with E-state index in [9.17, 15) is 19.6 Å². The molecular weight excluding hydrogens is 1050 g/mol. The van der Waals surface area contributed by atoms with Crippen LogP contribution in [-0.2, 0) is 38.4 Å². The third kappa shape index (κ3) is 13.7. The van der Waals surface area contributed by atoms with Gasteiger partial charge in [-0.3, -0.25) is 19.5 Å². The molecular formula is C61H69N8O11P. The van der Waals surface area contributed by atoms with Crippen molar-refractivity contribution in [2.75, 3.05) is 37.7 Å². The van der Waals surface area contributed by atoms with Crippen LogP contribution in [0.5, 0.6) is 17.4 Å². The monoisotopic (exact) mass is 1120 g/mol. The summed E-state index contributed by atoms with van der Waals surface area (Å²) < 4.78 is 56.2. The number of para-hydroxylation sites is 2. The van der Waals surface area contributed by atoms with Crippen molar-refractivity contribution >= 4 is 55.0 Å². The summed E-state index contributed by atoms with van der Waals surface area (Å²) in [4.78, 5) is 57.7. The molecule has 1 aliphatic rings. The average molecular weight is 1120 g/mol. The molecule has 81 heavy (non-hydrogen) atoms. The molecule has 19 nitrogen and oxygen atoms in total. The second-order valence-electron chi connectivity index (χ2n) is 19.9. The smallest absolute Gasteiger partial charge is 0.425 e. The maximum absolute atomic E-state index is 14.6. The van der Waals surface area contributed by atoms with Crippen molar-refractivity contribution in [3.05, 3.63) is 163 Å². The molecule has 1 saturated heterocycles. The molecule has 0 spiro atoms. The summed E-state index contributed by atoms with van der Waals surface area (Å²) in [5, 5.41) is 12.5. The lowest BCUT2D eigenvalue weighted by molar-refractivity contribution is -0.158. The summed E-state index contributed by atoms with van der Waals surface area (Å²) in [7, 11) is 1.19. The Morgan fingerprint density at radius 2 is 1.32 bits per heavy atom. The molecule has 8 rings (SSSR count). The summed E-state index contributed by atoms with van der Waals surface area (Å²) in [6, 6.07) is 44.9. The SMILES string of the molecule is CCCC(=O)O[C@@H]1[C@H](OP(OCCC#N)N(C(C)C)C(C)C)[C@@H](COC(c2ccccc2)(c2ccc(OC)cc2)c2ccc(OC)cc2)O[C@H]1n1cnc2c(OC(=O)N(c3ccccc3)c3ccccc3)nc(NC(=O)C(C)C)nc21. The predicted octanol–water partition coefficient (Wildman–Crippen LogP) is 12.1. The molecule has 0 bridgehead atoms. The van der Waals surface area contributed by atoms with Crippen molar-refractivity contribution in [2.24, 2.45) is 5.92 Å². The van der Waals surface area contributed by atoms with E-state index in [1.807, 2.05) is 126 Å².